The number of benzene rings is 3. The van der Waals surface area contributed by atoms with Crippen molar-refractivity contribution in [2.24, 2.45) is 4.99 Å². The van der Waals surface area contributed by atoms with Crippen molar-refractivity contribution in [2.45, 2.75) is 20.5 Å². The van der Waals surface area contributed by atoms with E-state index < -0.39 is 16.8 Å². The van der Waals surface area contributed by atoms with E-state index in [4.69, 9.17) is 9.47 Å². The van der Waals surface area contributed by atoms with Crippen molar-refractivity contribution in [1.29, 1.82) is 0 Å². The van der Waals surface area contributed by atoms with Crippen LogP contribution < -0.4 is 4.74 Å². The molecule has 1 aliphatic heterocycles. The smallest absolute Gasteiger partial charge is 0.344 e. The molecule has 0 radical (unpaired) electrons. The van der Waals surface area contributed by atoms with Crippen LogP contribution in [-0.2, 0) is 16.1 Å². The van der Waals surface area contributed by atoms with Crippen molar-refractivity contribution in [2.75, 3.05) is 6.61 Å². The van der Waals surface area contributed by atoms with E-state index in [0.29, 0.717) is 16.2 Å². The van der Waals surface area contributed by atoms with Gasteiger partial charge < -0.3 is 14.6 Å². The van der Waals surface area contributed by atoms with E-state index in [1.54, 1.807) is 49.4 Å². The van der Waals surface area contributed by atoms with Gasteiger partial charge in [-0.05, 0) is 113 Å². The lowest BCUT2D eigenvalue weighted by Crippen LogP contribution is -2.14. The van der Waals surface area contributed by atoms with Crippen LogP contribution in [0.25, 0.3) is 6.08 Å². The van der Waals surface area contributed by atoms with Crippen molar-refractivity contribution in [1.82, 2.24) is 0 Å². The number of aliphatic imine (C=N–C) groups is 1. The van der Waals surface area contributed by atoms with Crippen LogP contribution >= 0.6 is 56.9 Å². The molecule has 0 atom stereocenters. The van der Waals surface area contributed by atoms with Gasteiger partial charge in [0.2, 0.25) is 0 Å². The molecule has 3 aromatic carbocycles. The maximum atomic E-state index is 12.8. The van der Waals surface area contributed by atoms with Gasteiger partial charge in [-0.2, -0.15) is 0 Å². The predicted molar refractivity (Wildman–Crippen MR) is 174 cm³/mol. The maximum Gasteiger partial charge on any atom is 0.344 e. The topological polar surface area (TPSA) is 128 Å². The van der Waals surface area contributed by atoms with Gasteiger partial charge in [-0.3, -0.25) is 14.9 Å². The number of halogens is 2. The minimum Gasteiger partial charge on any atom is -0.506 e. The molecule has 0 bridgehead atoms. The standard InChI is InChI=1S/C29H22I2N2O7S/c1-3-39-29(36)24-25(34)23(41-28(24)32-27(35)19-8-4-16(2)5-9-19)14-18-12-21(30)26(22(31)13-18)40-15-17-6-10-20(11-7-17)33(37)38/h4-14,34H,3,15H2,1-2H3/b23-14-,32-28?. The Morgan fingerprint density at radius 2 is 1.71 bits per heavy atom. The highest BCUT2D eigenvalue weighted by Gasteiger charge is 2.34. The molecule has 0 saturated carbocycles. The molecule has 12 heteroatoms. The second-order valence-corrected chi connectivity index (χ2v) is 12.0. The summed E-state index contributed by atoms with van der Waals surface area (Å²) in [5.74, 6) is -0.978. The Kier molecular flexibility index (Phi) is 10.2. The summed E-state index contributed by atoms with van der Waals surface area (Å²) in [5, 5.41) is 21.9. The lowest BCUT2D eigenvalue weighted by atomic mass is 10.1. The number of aliphatic hydroxyl groups is 1. The Morgan fingerprint density at radius 3 is 2.29 bits per heavy atom. The summed E-state index contributed by atoms with van der Waals surface area (Å²) >= 11 is 5.29. The van der Waals surface area contributed by atoms with Crippen LogP contribution in [0.15, 0.2) is 81.9 Å². The maximum absolute atomic E-state index is 12.8. The zero-order valence-electron chi connectivity index (χ0n) is 21.7. The molecule has 0 aromatic heterocycles. The van der Waals surface area contributed by atoms with Gasteiger partial charge in [-0.1, -0.05) is 29.5 Å². The van der Waals surface area contributed by atoms with E-state index in [1.807, 2.05) is 19.1 Å². The summed E-state index contributed by atoms with van der Waals surface area (Å²) in [7, 11) is 0. The number of carbonyl (C=O) groups excluding carboxylic acids is 2. The fourth-order valence-electron chi connectivity index (χ4n) is 3.67. The SMILES string of the molecule is CCOC(=O)C1=C(O)/C(=C/c2cc(I)c(OCc3ccc([N+](=O)[O-])cc3)c(I)c2)SC1=NC(=O)c1ccc(C)cc1. The molecule has 0 saturated heterocycles. The zero-order valence-corrected chi connectivity index (χ0v) is 26.9. The van der Waals surface area contributed by atoms with Gasteiger partial charge in [-0.15, -0.1) is 0 Å². The molecule has 4 rings (SSSR count). The molecular formula is C29H22I2N2O7S. The molecule has 9 nitrogen and oxygen atoms in total. The number of nitro benzene ring substituents is 1. The summed E-state index contributed by atoms with van der Waals surface area (Å²) in [6, 6.07) is 16.8. The summed E-state index contributed by atoms with van der Waals surface area (Å²) in [5.41, 5.74) is 2.71. The minimum absolute atomic E-state index is 0.0104. The highest BCUT2D eigenvalue weighted by Crippen LogP contribution is 2.40. The van der Waals surface area contributed by atoms with Crippen LogP contribution in [-0.4, -0.2) is 33.6 Å². The fourth-order valence-corrected chi connectivity index (χ4v) is 6.81. The van der Waals surface area contributed by atoms with Gasteiger partial charge >= 0.3 is 5.97 Å². The highest BCUT2D eigenvalue weighted by molar-refractivity contribution is 14.1. The van der Waals surface area contributed by atoms with Crippen LogP contribution in [0.1, 0.15) is 34.0 Å². The van der Waals surface area contributed by atoms with Crippen molar-refractivity contribution in [3.8, 4) is 5.75 Å². The third-order valence-corrected chi connectivity index (χ3v) is 8.34. The van der Waals surface area contributed by atoms with Gasteiger partial charge in [0.15, 0.2) is 0 Å². The molecule has 1 amide bonds. The third kappa shape index (κ3) is 7.54. The van der Waals surface area contributed by atoms with E-state index >= 15 is 0 Å². The molecule has 210 valence electrons. The van der Waals surface area contributed by atoms with Gasteiger partial charge in [0, 0.05) is 17.7 Å². The molecule has 0 unspecified atom stereocenters. The van der Waals surface area contributed by atoms with Crippen molar-refractivity contribution < 1.29 is 29.1 Å². The fraction of sp³-hybridized carbons (Fsp3) is 0.138. The second kappa shape index (κ2) is 13.6. The van der Waals surface area contributed by atoms with Gasteiger partial charge in [0.1, 0.15) is 28.7 Å². The monoisotopic (exact) mass is 796 g/mol. The molecule has 0 fully saturated rings. The number of non-ortho nitro benzene ring substituents is 1. The van der Waals surface area contributed by atoms with Crippen LogP contribution in [0.4, 0.5) is 5.69 Å². The Balaban J connectivity index is 1.59. The van der Waals surface area contributed by atoms with E-state index in [2.05, 4.69) is 50.2 Å². The molecule has 1 N–H and O–H groups in total. The van der Waals surface area contributed by atoms with Crippen LogP contribution in [0, 0.1) is 24.2 Å². The number of hydrogen-bond donors (Lipinski definition) is 1. The number of carbonyl (C=O) groups is 2. The molecule has 1 aliphatic rings. The summed E-state index contributed by atoms with van der Waals surface area (Å²) in [6.45, 7) is 3.87. The first kappa shape index (κ1) is 30.7. The second-order valence-electron chi connectivity index (χ2n) is 8.67. The number of amides is 1. The van der Waals surface area contributed by atoms with Crippen LogP contribution in [0.5, 0.6) is 5.75 Å². The van der Waals surface area contributed by atoms with Crippen molar-refractivity contribution in [3.63, 3.8) is 0 Å². The first-order valence-corrected chi connectivity index (χ1v) is 15.1. The predicted octanol–water partition coefficient (Wildman–Crippen LogP) is 7.39. The molecular weight excluding hydrogens is 774 g/mol. The molecule has 41 heavy (non-hydrogen) atoms. The quantitative estimate of drug-likeness (QED) is 0.108. The van der Waals surface area contributed by atoms with E-state index in [9.17, 15) is 24.8 Å². The van der Waals surface area contributed by atoms with Gasteiger partial charge in [0.05, 0.1) is 23.6 Å². The number of ether oxygens (including phenoxy) is 2. The summed E-state index contributed by atoms with van der Waals surface area (Å²) < 4.78 is 12.7. The number of aryl methyl sites for hydroxylation is 1. The zero-order chi connectivity index (χ0) is 29.7. The lowest BCUT2D eigenvalue weighted by molar-refractivity contribution is -0.384. The highest BCUT2D eigenvalue weighted by atomic mass is 127. The number of aliphatic hydroxyl groups excluding tert-OH is 1. The molecule has 0 aliphatic carbocycles. The Hall–Kier alpha value is -3.24. The lowest BCUT2D eigenvalue weighted by Gasteiger charge is -2.12. The average Bonchev–Trinajstić information content (AvgIpc) is 3.22. The summed E-state index contributed by atoms with van der Waals surface area (Å²) in [4.78, 5) is 40.4. The number of nitro groups is 1. The molecule has 3 aromatic rings. The largest absolute Gasteiger partial charge is 0.506 e. The number of nitrogens with zero attached hydrogens (tertiary/aromatic N) is 2. The van der Waals surface area contributed by atoms with E-state index in [-0.39, 0.29) is 35.3 Å². The number of thioether (sulfide) groups is 1. The Bertz CT molecular complexity index is 1590. The minimum atomic E-state index is -0.768. The van der Waals surface area contributed by atoms with Gasteiger partial charge in [0.25, 0.3) is 11.6 Å². The normalized spacial score (nSPS) is 14.9. The van der Waals surface area contributed by atoms with Crippen LogP contribution in [0.2, 0.25) is 0 Å². The Morgan fingerprint density at radius 1 is 1.07 bits per heavy atom. The third-order valence-electron chi connectivity index (χ3n) is 5.72. The number of esters is 1. The first-order valence-electron chi connectivity index (χ1n) is 12.1. The van der Waals surface area contributed by atoms with E-state index in [0.717, 1.165) is 35.6 Å². The van der Waals surface area contributed by atoms with Gasteiger partial charge in [-0.25, -0.2) is 9.79 Å². The average molecular weight is 796 g/mol. The first-order chi connectivity index (χ1) is 19.6. The molecule has 1 heterocycles. The summed E-state index contributed by atoms with van der Waals surface area (Å²) in [6.07, 6.45) is 1.70. The van der Waals surface area contributed by atoms with Crippen LogP contribution in [0.3, 0.4) is 0 Å². The van der Waals surface area contributed by atoms with Crippen molar-refractivity contribution >= 4 is 85.6 Å². The van der Waals surface area contributed by atoms with E-state index in [1.165, 1.54) is 12.1 Å². The molecule has 0 spiro atoms. The van der Waals surface area contributed by atoms with Crippen molar-refractivity contribution in [3.05, 3.63) is 116 Å². The Labute approximate surface area is 267 Å². The number of hydrogen-bond acceptors (Lipinski definition) is 8. The number of rotatable bonds is 8.